The number of carbonyl (C=O) groups is 1. The Morgan fingerprint density at radius 2 is 2.00 bits per heavy atom. The van der Waals surface area contributed by atoms with Crippen LogP contribution in [0.1, 0.15) is 36.0 Å². The van der Waals surface area contributed by atoms with E-state index < -0.39 is 0 Å². The van der Waals surface area contributed by atoms with E-state index in [9.17, 15) is 4.79 Å². The number of carbonyl (C=O) groups excluding carboxylic acids is 1. The second-order valence-electron chi connectivity index (χ2n) is 5.40. The van der Waals surface area contributed by atoms with Crippen molar-refractivity contribution in [3.05, 3.63) is 29.8 Å². The Hall–Kier alpha value is -1.35. The Bertz CT molecular complexity index is 446. The van der Waals surface area contributed by atoms with E-state index >= 15 is 0 Å². The minimum Gasteiger partial charge on any atom is -0.497 e. The number of nitrogens with one attached hydrogen (secondary N) is 1. The van der Waals surface area contributed by atoms with Crippen LogP contribution in [-0.2, 0) is 0 Å². The number of hydrogen-bond donors (Lipinski definition) is 1. The van der Waals surface area contributed by atoms with Gasteiger partial charge in [-0.3, -0.25) is 4.79 Å². The minimum absolute atomic E-state index is 0.191. The van der Waals surface area contributed by atoms with Crippen molar-refractivity contribution >= 4 is 5.78 Å². The fourth-order valence-electron chi connectivity index (χ4n) is 3.28. The first-order valence-electron chi connectivity index (χ1n) is 6.70. The maximum Gasteiger partial charge on any atom is 0.166 e. The van der Waals surface area contributed by atoms with Crippen LogP contribution >= 0.6 is 0 Å². The van der Waals surface area contributed by atoms with E-state index in [4.69, 9.17) is 4.74 Å². The van der Waals surface area contributed by atoms with Gasteiger partial charge in [-0.25, -0.2) is 0 Å². The lowest BCUT2D eigenvalue weighted by molar-refractivity contribution is 0.0875. The molecule has 0 aliphatic carbocycles. The van der Waals surface area contributed by atoms with E-state index in [0.29, 0.717) is 12.1 Å². The number of ether oxygens (including phenoxy) is 1. The predicted molar refractivity (Wildman–Crippen MR) is 70.0 cm³/mol. The number of methoxy groups -OCH3 is 1. The van der Waals surface area contributed by atoms with Crippen LogP contribution in [0.5, 0.6) is 5.75 Å². The van der Waals surface area contributed by atoms with Crippen molar-refractivity contribution in [2.75, 3.05) is 7.11 Å². The molecule has 3 rings (SSSR count). The third-order valence-corrected chi connectivity index (χ3v) is 4.20. The Morgan fingerprint density at radius 1 is 1.28 bits per heavy atom. The zero-order valence-electron chi connectivity index (χ0n) is 10.7. The van der Waals surface area contributed by atoms with Gasteiger partial charge in [0.15, 0.2) is 5.78 Å². The summed E-state index contributed by atoms with van der Waals surface area (Å²) in [5.74, 6) is 1.24. The highest BCUT2D eigenvalue weighted by Crippen LogP contribution is 2.33. The molecule has 2 aliphatic rings. The van der Waals surface area contributed by atoms with E-state index in [2.05, 4.69) is 5.32 Å². The molecule has 2 atom stereocenters. The monoisotopic (exact) mass is 245 g/mol. The van der Waals surface area contributed by atoms with Gasteiger partial charge in [-0.2, -0.15) is 0 Å². The predicted octanol–water partition coefficient (Wildman–Crippen LogP) is 2.41. The van der Waals surface area contributed by atoms with Gasteiger partial charge in [0.25, 0.3) is 0 Å². The molecule has 0 spiro atoms. The minimum atomic E-state index is 0.191. The van der Waals surface area contributed by atoms with Gasteiger partial charge in [-0.05, 0) is 37.8 Å². The van der Waals surface area contributed by atoms with Gasteiger partial charge in [0.2, 0.25) is 0 Å². The highest BCUT2D eigenvalue weighted by Gasteiger charge is 2.36. The molecule has 18 heavy (non-hydrogen) atoms. The fraction of sp³-hybridized carbons (Fsp3) is 0.533. The van der Waals surface area contributed by atoms with Crippen molar-refractivity contribution < 1.29 is 9.53 Å². The van der Waals surface area contributed by atoms with Crippen LogP contribution in [0, 0.1) is 5.92 Å². The molecule has 2 fully saturated rings. The zero-order chi connectivity index (χ0) is 12.5. The molecule has 1 aromatic rings. The molecule has 2 unspecified atom stereocenters. The average Bonchev–Trinajstić information content (AvgIpc) is 2.76. The molecular formula is C15H19NO2. The third kappa shape index (κ3) is 2.15. The van der Waals surface area contributed by atoms with Gasteiger partial charge in [-0.1, -0.05) is 12.1 Å². The summed E-state index contributed by atoms with van der Waals surface area (Å²) in [7, 11) is 1.63. The van der Waals surface area contributed by atoms with Crippen LogP contribution in [0.25, 0.3) is 0 Å². The second-order valence-corrected chi connectivity index (χ2v) is 5.40. The molecule has 0 aromatic heterocycles. The number of piperidine rings is 1. The number of rotatable bonds is 3. The zero-order valence-corrected chi connectivity index (χ0v) is 10.7. The molecule has 2 bridgehead atoms. The Balaban J connectivity index is 1.77. The normalized spacial score (nSPS) is 30.2. The first kappa shape index (κ1) is 11.7. The number of Topliss-reactive ketones (excluding diaryl/α,β-unsaturated/α-hetero) is 1. The van der Waals surface area contributed by atoms with Crippen LogP contribution in [0.4, 0.5) is 0 Å². The lowest BCUT2D eigenvalue weighted by Gasteiger charge is -2.28. The molecule has 96 valence electrons. The standard InChI is InChI=1S/C15H19NO2/c1-18-14-4-2-3-10(9-14)15(17)11-7-12-5-6-13(8-11)16-12/h2-4,9,11-13,16H,5-8H2,1H3. The summed E-state index contributed by atoms with van der Waals surface area (Å²) >= 11 is 0. The Morgan fingerprint density at radius 3 is 2.67 bits per heavy atom. The van der Waals surface area contributed by atoms with Gasteiger partial charge >= 0.3 is 0 Å². The van der Waals surface area contributed by atoms with Gasteiger partial charge in [-0.15, -0.1) is 0 Å². The SMILES string of the molecule is COc1cccc(C(=O)C2CC3CCC(C2)N3)c1. The summed E-state index contributed by atoms with van der Waals surface area (Å²) in [5, 5.41) is 3.57. The molecule has 3 heteroatoms. The van der Waals surface area contributed by atoms with Crippen LogP contribution < -0.4 is 10.1 Å². The molecule has 1 aromatic carbocycles. The molecule has 2 aliphatic heterocycles. The lowest BCUT2D eigenvalue weighted by atomic mass is 9.86. The van der Waals surface area contributed by atoms with Crippen molar-refractivity contribution in [3.63, 3.8) is 0 Å². The quantitative estimate of drug-likeness (QED) is 0.831. The van der Waals surface area contributed by atoms with Crippen molar-refractivity contribution in [1.82, 2.24) is 5.32 Å². The fourth-order valence-corrected chi connectivity index (χ4v) is 3.28. The van der Waals surface area contributed by atoms with Gasteiger partial charge in [0.05, 0.1) is 7.11 Å². The summed E-state index contributed by atoms with van der Waals surface area (Å²) in [6.45, 7) is 0. The average molecular weight is 245 g/mol. The van der Waals surface area contributed by atoms with Gasteiger partial charge in [0.1, 0.15) is 5.75 Å². The number of benzene rings is 1. The maximum absolute atomic E-state index is 12.5. The second kappa shape index (κ2) is 4.73. The summed E-state index contributed by atoms with van der Waals surface area (Å²) in [5.41, 5.74) is 0.792. The molecule has 2 saturated heterocycles. The van der Waals surface area contributed by atoms with E-state index in [1.165, 1.54) is 12.8 Å². The number of fused-ring (bicyclic) bond motifs is 2. The van der Waals surface area contributed by atoms with Crippen molar-refractivity contribution in [2.45, 2.75) is 37.8 Å². The van der Waals surface area contributed by atoms with Crippen LogP contribution in [0.15, 0.2) is 24.3 Å². The van der Waals surface area contributed by atoms with Crippen LogP contribution in [0.2, 0.25) is 0 Å². The highest BCUT2D eigenvalue weighted by molar-refractivity contribution is 5.98. The maximum atomic E-state index is 12.5. The Kier molecular flexibility index (Phi) is 3.08. The van der Waals surface area contributed by atoms with Crippen molar-refractivity contribution in [2.24, 2.45) is 5.92 Å². The van der Waals surface area contributed by atoms with Crippen LogP contribution in [0.3, 0.4) is 0 Å². The van der Waals surface area contributed by atoms with E-state index in [0.717, 1.165) is 24.2 Å². The number of ketones is 1. The largest absolute Gasteiger partial charge is 0.497 e. The first-order valence-corrected chi connectivity index (χ1v) is 6.70. The van der Waals surface area contributed by atoms with Crippen LogP contribution in [-0.4, -0.2) is 25.0 Å². The summed E-state index contributed by atoms with van der Waals surface area (Å²) in [6.07, 6.45) is 4.44. The number of hydrogen-bond acceptors (Lipinski definition) is 3. The topological polar surface area (TPSA) is 38.3 Å². The van der Waals surface area contributed by atoms with E-state index in [1.807, 2.05) is 24.3 Å². The molecule has 0 radical (unpaired) electrons. The molecule has 1 N–H and O–H groups in total. The lowest BCUT2D eigenvalue weighted by Crippen LogP contribution is -2.40. The van der Waals surface area contributed by atoms with Gasteiger partial charge in [0, 0.05) is 23.6 Å². The smallest absolute Gasteiger partial charge is 0.166 e. The van der Waals surface area contributed by atoms with Crippen molar-refractivity contribution in [3.8, 4) is 5.75 Å². The van der Waals surface area contributed by atoms with Crippen molar-refractivity contribution in [1.29, 1.82) is 0 Å². The van der Waals surface area contributed by atoms with E-state index in [1.54, 1.807) is 7.11 Å². The molecular weight excluding hydrogens is 226 g/mol. The summed E-state index contributed by atoms with van der Waals surface area (Å²) in [4.78, 5) is 12.5. The Labute approximate surface area is 108 Å². The summed E-state index contributed by atoms with van der Waals surface area (Å²) in [6, 6.07) is 8.64. The van der Waals surface area contributed by atoms with Gasteiger partial charge < -0.3 is 10.1 Å². The van der Waals surface area contributed by atoms with E-state index in [-0.39, 0.29) is 11.7 Å². The highest BCUT2D eigenvalue weighted by atomic mass is 16.5. The molecule has 0 amide bonds. The molecule has 3 nitrogen and oxygen atoms in total. The molecule has 0 saturated carbocycles. The first-order chi connectivity index (χ1) is 8.76. The third-order valence-electron chi connectivity index (χ3n) is 4.20. The summed E-state index contributed by atoms with van der Waals surface area (Å²) < 4.78 is 5.18. The molecule has 2 heterocycles.